The Morgan fingerprint density at radius 1 is 0.654 bits per heavy atom. The monoisotopic (exact) mass is 474 g/mol. The van der Waals surface area contributed by atoms with E-state index < -0.39 is 55.1 Å². The number of hydrogen-bond donors (Lipinski definition) is 0. The molecule has 0 fully saturated rings. The Balaban J connectivity index is 2.69. The van der Waals surface area contributed by atoms with Crippen molar-refractivity contribution in [3.63, 3.8) is 0 Å². The van der Waals surface area contributed by atoms with Crippen LogP contribution in [0.4, 0.5) is 11.4 Å². The highest BCUT2D eigenvalue weighted by Gasteiger charge is 2.20. The molecule has 0 radical (unpaired) electrons. The van der Waals surface area contributed by atoms with E-state index in [1.807, 2.05) is 0 Å². The van der Waals surface area contributed by atoms with Crippen molar-refractivity contribution in [2.75, 3.05) is 0 Å². The summed E-state index contributed by atoms with van der Waals surface area (Å²) in [7, 11) is 0. The van der Waals surface area contributed by atoms with Gasteiger partial charge in [0.15, 0.2) is 10.3 Å². The Bertz CT molecular complexity index is 904. The summed E-state index contributed by atoms with van der Waals surface area (Å²) >= 11 is 34.9. The second-order valence-corrected chi connectivity index (χ2v) is 6.46. The molecule has 0 aliphatic carbocycles. The molecule has 2 aromatic rings. The summed E-state index contributed by atoms with van der Waals surface area (Å²) in [6.07, 6.45) is 0. The van der Waals surface area contributed by atoms with Crippen molar-refractivity contribution >= 4 is 92.9 Å². The maximum Gasteiger partial charge on any atom is 0.150 e. The lowest BCUT2D eigenvalue weighted by Crippen LogP contribution is -2.24. The van der Waals surface area contributed by atoms with Crippen LogP contribution in [0.25, 0.3) is 0 Å². The van der Waals surface area contributed by atoms with E-state index in [0.29, 0.717) is 0 Å². The fraction of sp³-hybridized carbons (Fsp3) is 0. The molecule has 0 saturated carbocycles. The van der Waals surface area contributed by atoms with Crippen LogP contribution in [-0.4, -0.2) is 21.9 Å². The lowest BCUT2D eigenvalue weighted by molar-refractivity contribution is -0.256. The molecule has 0 aliphatic heterocycles. The average Bonchev–Trinajstić information content (AvgIpc) is 2.56. The number of aromatic carboxylic acids is 2. The molecule has 0 N–H and O–H groups in total. The number of pyridine rings is 2. The van der Waals surface area contributed by atoms with E-state index >= 15 is 0 Å². The van der Waals surface area contributed by atoms with E-state index in [0.717, 1.165) is 0 Å². The molecular formula is C12Cl6N4O4-2. The van der Waals surface area contributed by atoms with Gasteiger partial charge in [-0.2, -0.15) is 0 Å². The number of hydrogen-bond acceptors (Lipinski definition) is 8. The highest BCUT2D eigenvalue weighted by Crippen LogP contribution is 2.43. The van der Waals surface area contributed by atoms with E-state index in [2.05, 4.69) is 20.2 Å². The van der Waals surface area contributed by atoms with Gasteiger partial charge in [-0.25, -0.2) is 9.97 Å². The first kappa shape index (κ1) is 20.9. The molecule has 0 unspecified atom stereocenters. The molecule has 0 bridgehead atoms. The number of carboxylic acids is 2. The number of rotatable bonds is 4. The Kier molecular flexibility index (Phi) is 6.49. The van der Waals surface area contributed by atoms with Crippen LogP contribution < -0.4 is 10.2 Å². The number of aromatic nitrogens is 2. The third-order valence-corrected chi connectivity index (χ3v) is 4.84. The van der Waals surface area contributed by atoms with Crippen molar-refractivity contribution in [1.29, 1.82) is 0 Å². The van der Waals surface area contributed by atoms with Crippen molar-refractivity contribution in [1.82, 2.24) is 9.97 Å². The number of nitrogens with zero attached hydrogens (tertiary/aromatic N) is 4. The molecule has 26 heavy (non-hydrogen) atoms. The van der Waals surface area contributed by atoms with Crippen LogP contribution in [-0.2, 0) is 0 Å². The van der Waals surface area contributed by atoms with Crippen LogP contribution in [0.2, 0.25) is 30.4 Å². The minimum absolute atomic E-state index is 0.335. The lowest BCUT2D eigenvalue weighted by Gasteiger charge is -2.10. The molecule has 0 atom stereocenters. The minimum Gasteiger partial charge on any atom is -0.543 e. The highest BCUT2D eigenvalue weighted by molar-refractivity contribution is 6.46. The predicted molar refractivity (Wildman–Crippen MR) is 91.4 cm³/mol. The van der Waals surface area contributed by atoms with Gasteiger partial charge < -0.3 is 19.8 Å². The van der Waals surface area contributed by atoms with Gasteiger partial charge in [-0.3, -0.25) is 0 Å². The van der Waals surface area contributed by atoms with E-state index in [4.69, 9.17) is 69.6 Å². The Morgan fingerprint density at radius 3 is 1.23 bits per heavy atom. The first-order valence-corrected chi connectivity index (χ1v) is 8.26. The standard InChI is InChI=1S/C12H2Cl6N4O4/c13-1-5(3(15)9(17)19-7(1)11(23)24)21-22-6-2(14)8(12(25)26)20-10(18)4(6)16/h(H,23,24)(H,25,26)/p-2. The van der Waals surface area contributed by atoms with Crippen LogP contribution in [0.1, 0.15) is 21.0 Å². The van der Waals surface area contributed by atoms with Crippen LogP contribution in [0, 0.1) is 0 Å². The topological polar surface area (TPSA) is 131 Å². The average molecular weight is 477 g/mol. The smallest absolute Gasteiger partial charge is 0.150 e. The first-order valence-electron chi connectivity index (χ1n) is 5.99. The molecule has 0 aromatic carbocycles. The maximum absolute atomic E-state index is 11.0. The van der Waals surface area contributed by atoms with E-state index in [1.165, 1.54) is 0 Å². The molecule has 2 aromatic heterocycles. The van der Waals surface area contributed by atoms with Crippen molar-refractivity contribution in [3.8, 4) is 0 Å². The summed E-state index contributed by atoms with van der Waals surface area (Å²) in [6.45, 7) is 0. The summed E-state index contributed by atoms with van der Waals surface area (Å²) in [5.41, 5.74) is -2.28. The second kappa shape index (κ2) is 8.08. The van der Waals surface area contributed by atoms with Gasteiger partial charge in [0.05, 0.1) is 22.0 Å². The summed E-state index contributed by atoms with van der Waals surface area (Å²) in [6, 6.07) is 0. The summed E-state index contributed by atoms with van der Waals surface area (Å²) in [5.74, 6) is -3.49. The van der Waals surface area contributed by atoms with Crippen LogP contribution >= 0.6 is 69.6 Å². The summed E-state index contributed by atoms with van der Waals surface area (Å²) in [5, 5.41) is 26.6. The SMILES string of the molecule is O=C([O-])c1nc(Cl)c(Cl)c(N=Nc2c(Cl)c(Cl)nc(C(=O)[O-])c2Cl)c1Cl. The van der Waals surface area contributed by atoms with Gasteiger partial charge in [0.2, 0.25) is 0 Å². The molecule has 0 saturated heterocycles. The van der Waals surface area contributed by atoms with Gasteiger partial charge in [-0.1, -0.05) is 69.6 Å². The van der Waals surface area contributed by atoms with Gasteiger partial charge in [0.1, 0.15) is 32.8 Å². The van der Waals surface area contributed by atoms with Gasteiger partial charge in [-0.15, -0.1) is 10.2 Å². The fourth-order valence-electron chi connectivity index (χ4n) is 1.55. The molecule has 8 nitrogen and oxygen atoms in total. The first-order chi connectivity index (χ1) is 12.1. The Labute approximate surface area is 174 Å². The van der Waals surface area contributed by atoms with Crippen LogP contribution in [0.5, 0.6) is 0 Å². The third-order valence-electron chi connectivity index (χ3n) is 2.67. The van der Waals surface area contributed by atoms with E-state index in [-0.39, 0.29) is 10.0 Å². The summed E-state index contributed by atoms with van der Waals surface area (Å²) < 4.78 is 0. The van der Waals surface area contributed by atoms with Crippen molar-refractivity contribution in [3.05, 3.63) is 41.8 Å². The fourth-order valence-corrected chi connectivity index (χ4v) is 2.85. The number of carbonyl (C=O) groups is 2. The van der Waals surface area contributed by atoms with Crippen LogP contribution in [0.3, 0.4) is 0 Å². The summed E-state index contributed by atoms with van der Waals surface area (Å²) in [4.78, 5) is 28.9. The van der Waals surface area contributed by atoms with Crippen LogP contribution in [0.15, 0.2) is 10.2 Å². The quantitative estimate of drug-likeness (QED) is 0.490. The number of azo groups is 1. The zero-order valence-electron chi connectivity index (χ0n) is 11.7. The molecule has 0 aliphatic rings. The molecule has 0 amide bonds. The second-order valence-electron chi connectivity index (χ2n) is 4.23. The normalized spacial score (nSPS) is 11.2. The Morgan fingerprint density at radius 2 is 0.962 bits per heavy atom. The van der Waals surface area contributed by atoms with E-state index in [1.54, 1.807) is 0 Å². The number of carboxylic acid groups (broad SMARTS) is 2. The van der Waals surface area contributed by atoms with Crippen molar-refractivity contribution in [2.45, 2.75) is 0 Å². The van der Waals surface area contributed by atoms with E-state index in [9.17, 15) is 19.8 Å². The maximum atomic E-state index is 11.0. The largest absolute Gasteiger partial charge is 0.543 e. The lowest BCUT2D eigenvalue weighted by atomic mass is 10.3. The van der Waals surface area contributed by atoms with Gasteiger partial charge >= 0.3 is 0 Å². The highest BCUT2D eigenvalue weighted by atomic mass is 35.5. The molecular weight excluding hydrogens is 477 g/mol. The van der Waals surface area contributed by atoms with Crippen molar-refractivity contribution < 1.29 is 19.8 Å². The molecule has 136 valence electrons. The Hall–Kier alpha value is -1.42. The van der Waals surface area contributed by atoms with Gasteiger partial charge in [-0.05, 0) is 0 Å². The number of halogens is 6. The van der Waals surface area contributed by atoms with Gasteiger partial charge in [0, 0.05) is 0 Å². The van der Waals surface area contributed by atoms with Crippen molar-refractivity contribution in [2.24, 2.45) is 10.2 Å². The molecule has 14 heteroatoms. The zero-order valence-corrected chi connectivity index (χ0v) is 16.2. The predicted octanol–water partition coefficient (Wildman–Crippen LogP) is 3.54. The molecule has 2 rings (SSSR count). The third kappa shape index (κ3) is 3.95. The molecule has 0 spiro atoms. The number of carbonyl (C=O) groups excluding carboxylic acids is 2. The zero-order chi connectivity index (χ0) is 19.8. The molecule has 2 heterocycles. The minimum atomic E-state index is -1.74. The van der Waals surface area contributed by atoms with Gasteiger partial charge in [0.25, 0.3) is 0 Å².